The van der Waals surface area contributed by atoms with E-state index in [4.69, 9.17) is 0 Å². The number of nitrogens with one attached hydrogen (secondary N) is 1. The van der Waals surface area contributed by atoms with Crippen LogP contribution in [-0.2, 0) is 0 Å². The number of hydrogen-bond donors (Lipinski definition) is 1. The molecule has 1 aliphatic rings. The molecule has 2 amide bonds. The summed E-state index contributed by atoms with van der Waals surface area (Å²) in [4.78, 5) is 27.9. The number of para-hydroxylation sites is 1. The molecule has 0 bridgehead atoms. The van der Waals surface area contributed by atoms with Gasteiger partial charge in [0.05, 0.1) is 11.3 Å². The topological polar surface area (TPSA) is 49.4 Å². The first kappa shape index (κ1) is 20.9. The zero-order valence-corrected chi connectivity index (χ0v) is 17.9. The Balaban J connectivity index is 1.49. The number of rotatable bonds is 5. The fraction of sp³-hybridized carbons (Fsp3) is 0.259. The van der Waals surface area contributed by atoms with E-state index >= 15 is 0 Å². The summed E-state index contributed by atoms with van der Waals surface area (Å²) in [6.07, 6.45) is 5.67. The molecule has 3 aromatic rings. The third-order valence-electron chi connectivity index (χ3n) is 6.10. The average Bonchev–Trinajstić information content (AvgIpc) is 2.84. The summed E-state index contributed by atoms with van der Waals surface area (Å²) >= 11 is 0. The number of carbonyl (C=O) groups is 2. The first-order chi connectivity index (χ1) is 15.1. The van der Waals surface area contributed by atoms with Crippen molar-refractivity contribution in [2.45, 2.75) is 38.1 Å². The fourth-order valence-corrected chi connectivity index (χ4v) is 4.24. The molecule has 0 aromatic heterocycles. The number of amides is 2. The van der Waals surface area contributed by atoms with Gasteiger partial charge in [0, 0.05) is 18.7 Å². The Labute approximate surface area is 183 Å². The zero-order valence-electron chi connectivity index (χ0n) is 17.9. The Hall–Kier alpha value is -3.40. The van der Waals surface area contributed by atoms with Gasteiger partial charge >= 0.3 is 0 Å². The lowest BCUT2D eigenvalue weighted by Crippen LogP contribution is -2.38. The Morgan fingerprint density at radius 2 is 1.39 bits per heavy atom. The molecule has 0 unspecified atom stereocenters. The predicted octanol–water partition coefficient (Wildman–Crippen LogP) is 6.01. The van der Waals surface area contributed by atoms with Gasteiger partial charge in [0.15, 0.2) is 0 Å². The molecule has 158 valence electrons. The molecule has 4 nitrogen and oxygen atoms in total. The van der Waals surface area contributed by atoms with Crippen LogP contribution in [-0.4, -0.2) is 29.8 Å². The first-order valence-electron chi connectivity index (χ1n) is 11.0. The third-order valence-corrected chi connectivity index (χ3v) is 6.10. The van der Waals surface area contributed by atoms with Crippen LogP contribution in [0.5, 0.6) is 0 Å². The van der Waals surface area contributed by atoms with Crippen molar-refractivity contribution in [2.75, 3.05) is 12.4 Å². The van der Waals surface area contributed by atoms with Crippen LogP contribution < -0.4 is 5.32 Å². The van der Waals surface area contributed by atoms with Crippen molar-refractivity contribution in [1.82, 2.24) is 4.90 Å². The van der Waals surface area contributed by atoms with Crippen molar-refractivity contribution in [1.29, 1.82) is 0 Å². The molecular formula is C27H28N2O2. The van der Waals surface area contributed by atoms with E-state index in [1.165, 1.54) is 19.3 Å². The van der Waals surface area contributed by atoms with Crippen LogP contribution in [0.2, 0.25) is 0 Å². The standard InChI is InChI=1S/C27H28N2O2/c1-29(23-12-6-3-7-13-23)27(31)24-14-8-9-15-25(24)28-26(30)22-18-16-21(17-19-22)20-10-4-2-5-11-20/h2,4-5,8-11,14-19,23H,3,6-7,12-13H2,1H3,(H,28,30). The number of anilines is 1. The van der Waals surface area contributed by atoms with Gasteiger partial charge in [-0.05, 0) is 48.2 Å². The van der Waals surface area contributed by atoms with Crippen LogP contribution in [0.4, 0.5) is 5.69 Å². The number of nitrogens with zero attached hydrogens (tertiary/aromatic N) is 1. The van der Waals surface area contributed by atoms with E-state index in [0.29, 0.717) is 16.8 Å². The second kappa shape index (κ2) is 9.61. The largest absolute Gasteiger partial charge is 0.339 e. The SMILES string of the molecule is CN(C(=O)c1ccccc1NC(=O)c1ccc(-c2ccccc2)cc1)C1CCCCC1. The van der Waals surface area contributed by atoms with Crippen LogP contribution in [0.25, 0.3) is 11.1 Å². The second-order valence-corrected chi connectivity index (χ2v) is 8.15. The minimum Gasteiger partial charge on any atom is -0.339 e. The second-order valence-electron chi connectivity index (χ2n) is 8.15. The van der Waals surface area contributed by atoms with Crippen LogP contribution in [0.1, 0.15) is 52.8 Å². The number of benzene rings is 3. The number of hydrogen-bond acceptors (Lipinski definition) is 2. The molecule has 0 radical (unpaired) electrons. The first-order valence-corrected chi connectivity index (χ1v) is 11.0. The fourth-order valence-electron chi connectivity index (χ4n) is 4.24. The molecule has 31 heavy (non-hydrogen) atoms. The van der Waals surface area contributed by atoms with E-state index in [9.17, 15) is 9.59 Å². The molecule has 4 heteroatoms. The van der Waals surface area contributed by atoms with Crippen molar-refractivity contribution in [3.63, 3.8) is 0 Å². The summed E-state index contributed by atoms with van der Waals surface area (Å²) in [5.41, 5.74) is 3.80. The van der Waals surface area contributed by atoms with Crippen LogP contribution >= 0.6 is 0 Å². The van der Waals surface area contributed by atoms with Gasteiger partial charge in [0.25, 0.3) is 11.8 Å². The number of carbonyl (C=O) groups excluding carboxylic acids is 2. The summed E-state index contributed by atoms with van der Waals surface area (Å²) in [6, 6.07) is 25.1. The normalized spacial score (nSPS) is 14.1. The molecule has 1 fully saturated rings. The summed E-state index contributed by atoms with van der Waals surface area (Å²) in [6.45, 7) is 0. The van der Waals surface area contributed by atoms with Gasteiger partial charge in [-0.1, -0.05) is 73.9 Å². The van der Waals surface area contributed by atoms with Crippen molar-refractivity contribution in [3.05, 3.63) is 90.0 Å². The maximum atomic E-state index is 13.2. The minimum absolute atomic E-state index is 0.0396. The van der Waals surface area contributed by atoms with E-state index in [1.54, 1.807) is 12.1 Å². The van der Waals surface area contributed by atoms with E-state index < -0.39 is 0 Å². The molecule has 0 atom stereocenters. The monoisotopic (exact) mass is 412 g/mol. The van der Waals surface area contributed by atoms with E-state index in [2.05, 4.69) is 5.32 Å². The molecule has 1 aliphatic carbocycles. The van der Waals surface area contributed by atoms with Gasteiger partial charge in [-0.25, -0.2) is 0 Å². The molecule has 3 aromatic carbocycles. The average molecular weight is 413 g/mol. The maximum absolute atomic E-state index is 13.2. The molecule has 0 spiro atoms. The van der Waals surface area contributed by atoms with Gasteiger partial charge in [0.2, 0.25) is 0 Å². The summed E-state index contributed by atoms with van der Waals surface area (Å²) in [5, 5.41) is 2.94. The highest BCUT2D eigenvalue weighted by Crippen LogP contribution is 2.25. The maximum Gasteiger partial charge on any atom is 0.255 e. The lowest BCUT2D eigenvalue weighted by Gasteiger charge is -2.31. The smallest absolute Gasteiger partial charge is 0.255 e. The van der Waals surface area contributed by atoms with Crippen LogP contribution in [0.3, 0.4) is 0 Å². The quantitative estimate of drug-likeness (QED) is 0.558. The van der Waals surface area contributed by atoms with Gasteiger partial charge in [-0.3, -0.25) is 9.59 Å². The molecule has 1 N–H and O–H groups in total. The Bertz CT molecular complexity index is 1040. The van der Waals surface area contributed by atoms with Gasteiger partial charge < -0.3 is 10.2 Å². The van der Waals surface area contributed by atoms with Crippen LogP contribution in [0, 0.1) is 0 Å². The summed E-state index contributed by atoms with van der Waals surface area (Å²) < 4.78 is 0. The van der Waals surface area contributed by atoms with E-state index in [1.807, 2.05) is 78.7 Å². The highest BCUT2D eigenvalue weighted by Gasteiger charge is 2.25. The van der Waals surface area contributed by atoms with Crippen molar-refractivity contribution < 1.29 is 9.59 Å². The molecule has 0 saturated heterocycles. The minimum atomic E-state index is -0.222. The molecule has 1 saturated carbocycles. The zero-order chi connectivity index (χ0) is 21.6. The Morgan fingerprint density at radius 3 is 2.10 bits per heavy atom. The molecule has 0 heterocycles. The third kappa shape index (κ3) is 4.85. The van der Waals surface area contributed by atoms with E-state index in [-0.39, 0.29) is 17.9 Å². The highest BCUT2D eigenvalue weighted by atomic mass is 16.2. The van der Waals surface area contributed by atoms with Gasteiger partial charge in [0.1, 0.15) is 0 Å². The molecule has 0 aliphatic heterocycles. The van der Waals surface area contributed by atoms with E-state index in [0.717, 1.165) is 24.0 Å². The van der Waals surface area contributed by atoms with Crippen molar-refractivity contribution in [3.8, 4) is 11.1 Å². The van der Waals surface area contributed by atoms with Gasteiger partial charge in [-0.15, -0.1) is 0 Å². The van der Waals surface area contributed by atoms with Crippen LogP contribution in [0.15, 0.2) is 78.9 Å². The van der Waals surface area contributed by atoms with Crippen molar-refractivity contribution >= 4 is 17.5 Å². The molecule has 4 rings (SSSR count). The summed E-state index contributed by atoms with van der Waals surface area (Å²) in [5.74, 6) is -0.262. The Morgan fingerprint density at radius 1 is 0.774 bits per heavy atom. The lowest BCUT2D eigenvalue weighted by atomic mass is 9.94. The predicted molar refractivity (Wildman–Crippen MR) is 125 cm³/mol. The summed E-state index contributed by atoms with van der Waals surface area (Å²) in [7, 11) is 1.87. The Kier molecular flexibility index (Phi) is 6.46. The molecular weight excluding hydrogens is 384 g/mol. The van der Waals surface area contributed by atoms with Crippen molar-refractivity contribution in [2.24, 2.45) is 0 Å². The lowest BCUT2D eigenvalue weighted by molar-refractivity contribution is 0.0697. The van der Waals surface area contributed by atoms with Gasteiger partial charge in [-0.2, -0.15) is 0 Å². The highest BCUT2D eigenvalue weighted by molar-refractivity contribution is 6.09.